The SMILES string of the molecule is COCCOCCOC.OC(CC(O)C(F)(F)F)C(F)(F)F.OC(CC(O)C(F)(F)F)C(F)(F)F.OC(CC(O)C(F)(F)F)C(F)(F)F.[Sm]. The van der Waals surface area contributed by atoms with Gasteiger partial charge in [0.2, 0.25) is 0 Å². The Bertz CT molecular complexity index is 640. The van der Waals surface area contributed by atoms with E-state index in [2.05, 4.69) is 0 Å². The summed E-state index contributed by atoms with van der Waals surface area (Å²) >= 11 is 0. The van der Waals surface area contributed by atoms with Crippen LogP contribution in [-0.4, -0.2) is 145 Å². The van der Waals surface area contributed by atoms with Gasteiger partial charge in [0.1, 0.15) is 0 Å². The van der Waals surface area contributed by atoms with Crippen LogP contribution < -0.4 is 0 Å². The summed E-state index contributed by atoms with van der Waals surface area (Å²) in [6, 6.07) is 0. The van der Waals surface area contributed by atoms with Gasteiger partial charge in [-0.3, -0.25) is 0 Å². The van der Waals surface area contributed by atoms with Crippen LogP contribution in [0.3, 0.4) is 0 Å². The van der Waals surface area contributed by atoms with Gasteiger partial charge in [0.25, 0.3) is 0 Å². The topological polar surface area (TPSA) is 149 Å². The van der Waals surface area contributed by atoms with Crippen molar-refractivity contribution in [2.24, 2.45) is 0 Å². The van der Waals surface area contributed by atoms with Gasteiger partial charge >= 0.3 is 37.1 Å². The van der Waals surface area contributed by atoms with E-state index >= 15 is 0 Å². The molecule has 6 unspecified atom stereocenters. The number of halogens is 18. The van der Waals surface area contributed by atoms with Crippen LogP contribution in [0.5, 0.6) is 0 Å². The molecular formula is C21H32F18O9Sm. The van der Waals surface area contributed by atoms with Crippen molar-refractivity contribution in [1.82, 2.24) is 0 Å². The van der Waals surface area contributed by atoms with Gasteiger partial charge in [-0.2, -0.15) is 79.0 Å². The third kappa shape index (κ3) is 34.6. The van der Waals surface area contributed by atoms with Crippen molar-refractivity contribution in [3.63, 3.8) is 0 Å². The third-order valence-corrected chi connectivity index (χ3v) is 4.47. The standard InChI is InChI=1S/C6H14O3.3C5H6F6O2.Sm/c1-7-3-5-9-6-4-8-2;3*6-4(7,8)2(12)1-3(13)5(9,10)11;/h3-6H2,1-2H3;3*2-3,12-13H,1H2;. The molecule has 6 N–H and O–H groups in total. The summed E-state index contributed by atoms with van der Waals surface area (Å²) in [5.41, 5.74) is 0. The minimum atomic E-state index is -5.15. The smallest absolute Gasteiger partial charge is 0.384 e. The summed E-state index contributed by atoms with van der Waals surface area (Å²) in [6.45, 7) is 2.62. The molecule has 0 saturated heterocycles. The zero-order chi connectivity index (χ0) is 39.5. The number of alkyl halides is 18. The van der Waals surface area contributed by atoms with Gasteiger partial charge in [-0.1, -0.05) is 0 Å². The van der Waals surface area contributed by atoms with E-state index in [9.17, 15) is 79.0 Å². The fraction of sp³-hybridized carbons (Fsp3) is 1.00. The Morgan fingerprint density at radius 2 is 0.490 bits per heavy atom. The van der Waals surface area contributed by atoms with Gasteiger partial charge in [0.05, 0.1) is 26.4 Å². The fourth-order valence-corrected chi connectivity index (χ4v) is 1.82. The molecule has 0 aliphatic heterocycles. The quantitative estimate of drug-likeness (QED) is 0.127. The molecule has 0 aliphatic carbocycles. The van der Waals surface area contributed by atoms with Crippen molar-refractivity contribution >= 4 is 0 Å². The Balaban J connectivity index is -0.000000176. The molecule has 0 saturated carbocycles. The second-order valence-corrected chi connectivity index (χ2v) is 8.65. The van der Waals surface area contributed by atoms with Crippen LogP contribution in [0, 0.1) is 40.4 Å². The van der Waals surface area contributed by atoms with Crippen molar-refractivity contribution < 1.29 is 164 Å². The zero-order valence-electron chi connectivity index (χ0n) is 24.5. The normalized spacial score (nSPS) is 16.5. The molecule has 0 rings (SSSR count). The van der Waals surface area contributed by atoms with Crippen molar-refractivity contribution in [3.05, 3.63) is 0 Å². The molecule has 0 aromatic carbocycles. The van der Waals surface area contributed by atoms with Crippen LogP contribution in [0.15, 0.2) is 0 Å². The summed E-state index contributed by atoms with van der Waals surface area (Å²) in [4.78, 5) is 0. The van der Waals surface area contributed by atoms with Crippen LogP contribution in [0.4, 0.5) is 79.0 Å². The molecule has 0 aromatic heterocycles. The van der Waals surface area contributed by atoms with E-state index in [4.69, 9.17) is 44.8 Å². The monoisotopic (exact) mass is 922 g/mol. The van der Waals surface area contributed by atoms with Crippen molar-refractivity contribution in [1.29, 1.82) is 0 Å². The molecule has 0 bridgehead atoms. The van der Waals surface area contributed by atoms with Gasteiger partial charge in [-0.25, -0.2) is 0 Å². The predicted octanol–water partition coefficient (Wildman–Crippen LogP) is 3.96. The van der Waals surface area contributed by atoms with Crippen molar-refractivity contribution in [2.75, 3.05) is 40.6 Å². The van der Waals surface area contributed by atoms with E-state index in [1.807, 2.05) is 0 Å². The second-order valence-electron chi connectivity index (χ2n) is 8.65. The van der Waals surface area contributed by atoms with E-state index in [-0.39, 0.29) is 40.4 Å². The largest absolute Gasteiger partial charge is 0.414 e. The Morgan fingerprint density at radius 1 is 0.347 bits per heavy atom. The molecule has 0 radical (unpaired) electrons. The number of hydrogen-bond donors (Lipinski definition) is 6. The summed E-state index contributed by atoms with van der Waals surface area (Å²) in [5, 5.41) is 48.8. The maximum absolute atomic E-state index is 11.5. The first-order valence-electron chi connectivity index (χ1n) is 12.1. The van der Waals surface area contributed by atoms with E-state index in [1.165, 1.54) is 0 Å². The number of ether oxygens (including phenoxy) is 3. The van der Waals surface area contributed by atoms with Gasteiger partial charge in [0.15, 0.2) is 36.6 Å². The van der Waals surface area contributed by atoms with Crippen LogP contribution in [0.2, 0.25) is 0 Å². The van der Waals surface area contributed by atoms with Gasteiger partial charge < -0.3 is 44.8 Å². The van der Waals surface area contributed by atoms with Crippen molar-refractivity contribution in [2.45, 2.75) is 92.9 Å². The minimum absolute atomic E-state index is 0. The van der Waals surface area contributed by atoms with Crippen LogP contribution >= 0.6 is 0 Å². The van der Waals surface area contributed by atoms with Crippen LogP contribution in [0.25, 0.3) is 0 Å². The van der Waals surface area contributed by atoms with E-state index in [1.54, 1.807) is 14.2 Å². The fourth-order valence-electron chi connectivity index (χ4n) is 1.82. The third-order valence-electron chi connectivity index (χ3n) is 4.47. The molecule has 6 atom stereocenters. The average Bonchev–Trinajstić information content (AvgIpc) is 2.86. The molecule has 0 amide bonds. The van der Waals surface area contributed by atoms with Gasteiger partial charge in [-0.15, -0.1) is 0 Å². The molecule has 0 spiro atoms. The minimum Gasteiger partial charge on any atom is -0.384 e. The van der Waals surface area contributed by atoms with Gasteiger partial charge in [-0.05, 0) is 0 Å². The summed E-state index contributed by atoms with van der Waals surface area (Å²) in [7, 11) is 3.30. The molecule has 0 aromatic rings. The summed E-state index contributed by atoms with van der Waals surface area (Å²) < 4.78 is 221. The Morgan fingerprint density at radius 3 is 0.592 bits per heavy atom. The number of methoxy groups -OCH3 is 2. The predicted molar refractivity (Wildman–Crippen MR) is 121 cm³/mol. The number of aliphatic hydroxyl groups excluding tert-OH is 6. The molecule has 0 fully saturated rings. The first-order chi connectivity index (χ1) is 21.1. The molecular weight excluding hydrogens is 889 g/mol. The maximum Gasteiger partial charge on any atom is 0.414 e. The molecule has 302 valence electrons. The molecule has 9 nitrogen and oxygen atoms in total. The van der Waals surface area contributed by atoms with Gasteiger partial charge in [0, 0.05) is 73.9 Å². The van der Waals surface area contributed by atoms with E-state index in [0.29, 0.717) is 26.4 Å². The Labute approximate surface area is 297 Å². The first-order valence-corrected chi connectivity index (χ1v) is 12.1. The van der Waals surface area contributed by atoms with E-state index in [0.717, 1.165) is 0 Å². The summed E-state index contributed by atoms with van der Waals surface area (Å²) in [5.74, 6) is 0. The van der Waals surface area contributed by atoms with E-state index < -0.39 is 92.9 Å². The number of rotatable bonds is 12. The van der Waals surface area contributed by atoms with Crippen molar-refractivity contribution in [3.8, 4) is 0 Å². The van der Waals surface area contributed by atoms with Crippen LogP contribution in [0.1, 0.15) is 19.3 Å². The number of hydrogen-bond acceptors (Lipinski definition) is 9. The van der Waals surface area contributed by atoms with Crippen LogP contribution in [-0.2, 0) is 14.2 Å². The number of aliphatic hydroxyl groups is 6. The maximum atomic E-state index is 11.5. The first kappa shape index (κ1) is 58.0. The Hall–Kier alpha value is -0.282. The summed E-state index contributed by atoms with van der Waals surface area (Å²) in [6.07, 6.45) is -55.3. The molecule has 0 aliphatic rings. The Kier molecular flexibility index (Phi) is 30.4. The zero-order valence-corrected chi connectivity index (χ0v) is 27.2. The molecule has 28 heteroatoms. The molecule has 0 heterocycles. The second kappa shape index (κ2) is 25.7. The molecule has 49 heavy (non-hydrogen) atoms. The average molecular weight is 921 g/mol.